The molecule has 0 bridgehead atoms. The Morgan fingerprint density at radius 2 is 2.00 bits per heavy atom. The van der Waals surface area contributed by atoms with E-state index >= 15 is 0 Å². The first-order chi connectivity index (χ1) is 9.60. The van der Waals surface area contributed by atoms with E-state index in [1.165, 1.54) is 47.8 Å². The molecule has 1 aliphatic heterocycles. The van der Waals surface area contributed by atoms with Crippen LogP contribution in [0.15, 0.2) is 22.7 Å². The van der Waals surface area contributed by atoms with Gasteiger partial charge in [-0.25, -0.2) is 0 Å². The molecule has 1 saturated carbocycles. The van der Waals surface area contributed by atoms with E-state index in [1.807, 2.05) is 0 Å². The van der Waals surface area contributed by atoms with E-state index < -0.39 is 0 Å². The molecule has 0 aromatic heterocycles. The fourth-order valence-corrected chi connectivity index (χ4v) is 3.98. The van der Waals surface area contributed by atoms with Crippen molar-refractivity contribution in [3.8, 4) is 0 Å². The molecule has 3 heteroatoms. The molecule has 0 radical (unpaired) electrons. The van der Waals surface area contributed by atoms with E-state index in [0.29, 0.717) is 11.6 Å². The number of anilines is 1. The molecule has 20 heavy (non-hydrogen) atoms. The maximum absolute atomic E-state index is 3.86. The van der Waals surface area contributed by atoms with Gasteiger partial charge in [0.15, 0.2) is 0 Å². The number of rotatable bonds is 1. The lowest BCUT2D eigenvalue weighted by molar-refractivity contribution is 0.200. The van der Waals surface area contributed by atoms with Gasteiger partial charge in [0.25, 0.3) is 0 Å². The number of nitrogens with one attached hydrogen (secondary N) is 1. The number of nitrogens with zero attached hydrogens (tertiary/aromatic N) is 1. The van der Waals surface area contributed by atoms with Crippen LogP contribution < -0.4 is 10.2 Å². The summed E-state index contributed by atoms with van der Waals surface area (Å²) in [5, 5.41) is 3.86. The van der Waals surface area contributed by atoms with Gasteiger partial charge < -0.3 is 10.2 Å². The molecule has 3 rings (SSSR count). The van der Waals surface area contributed by atoms with Crippen LogP contribution in [0.1, 0.15) is 44.6 Å². The molecule has 1 aromatic carbocycles. The molecule has 2 fully saturated rings. The normalized spacial score (nSPS) is 25.9. The molecule has 1 heterocycles. The highest BCUT2D eigenvalue weighted by molar-refractivity contribution is 9.10. The number of piperazine rings is 1. The second-order valence-electron chi connectivity index (χ2n) is 6.63. The summed E-state index contributed by atoms with van der Waals surface area (Å²) in [5.41, 5.74) is 3.07. The SMILES string of the molecule is Cc1cc(N2CC3(CCCCC3)NCC2C)ccc1Br. The van der Waals surface area contributed by atoms with Crippen LogP contribution in [0.25, 0.3) is 0 Å². The van der Waals surface area contributed by atoms with Crippen molar-refractivity contribution in [2.75, 3.05) is 18.0 Å². The maximum Gasteiger partial charge on any atom is 0.0387 e. The van der Waals surface area contributed by atoms with Gasteiger partial charge in [-0.2, -0.15) is 0 Å². The molecule has 2 aliphatic rings. The lowest BCUT2D eigenvalue weighted by Gasteiger charge is -2.50. The van der Waals surface area contributed by atoms with Crippen LogP contribution >= 0.6 is 15.9 Å². The van der Waals surface area contributed by atoms with Crippen LogP contribution in [-0.2, 0) is 0 Å². The average molecular weight is 337 g/mol. The minimum Gasteiger partial charge on any atom is -0.366 e. The quantitative estimate of drug-likeness (QED) is 0.824. The highest BCUT2D eigenvalue weighted by Crippen LogP contribution is 2.34. The van der Waals surface area contributed by atoms with E-state index in [1.54, 1.807) is 0 Å². The van der Waals surface area contributed by atoms with Crippen molar-refractivity contribution in [2.24, 2.45) is 0 Å². The van der Waals surface area contributed by atoms with E-state index in [2.05, 4.69) is 58.2 Å². The topological polar surface area (TPSA) is 15.3 Å². The standard InChI is InChI=1S/C17H25BrN2/c1-13-10-15(6-7-16(13)18)20-12-17(19-11-14(20)2)8-4-3-5-9-17/h6-7,10,14,19H,3-5,8-9,11-12H2,1-2H3. The molecule has 1 unspecified atom stereocenters. The van der Waals surface area contributed by atoms with Gasteiger partial charge in [-0.05, 0) is 50.5 Å². The molecule has 110 valence electrons. The van der Waals surface area contributed by atoms with Crippen LogP contribution in [-0.4, -0.2) is 24.7 Å². The Labute approximate surface area is 131 Å². The summed E-state index contributed by atoms with van der Waals surface area (Å²) in [4.78, 5) is 2.61. The Balaban J connectivity index is 1.84. The van der Waals surface area contributed by atoms with Gasteiger partial charge >= 0.3 is 0 Å². The molecule has 0 amide bonds. The summed E-state index contributed by atoms with van der Waals surface area (Å²) in [6, 6.07) is 7.34. The van der Waals surface area contributed by atoms with Crippen molar-refractivity contribution in [3.63, 3.8) is 0 Å². The van der Waals surface area contributed by atoms with Crippen molar-refractivity contribution in [1.29, 1.82) is 0 Å². The monoisotopic (exact) mass is 336 g/mol. The largest absolute Gasteiger partial charge is 0.366 e. The Hall–Kier alpha value is -0.540. The predicted octanol–water partition coefficient (Wildman–Crippen LogP) is 4.26. The second-order valence-corrected chi connectivity index (χ2v) is 7.49. The van der Waals surface area contributed by atoms with E-state index in [4.69, 9.17) is 0 Å². The first-order valence-corrected chi connectivity index (χ1v) is 8.67. The minimum atomic E-state index is 0.367. The smallest absolute Gasteiger partial charge is 0.0387 e. The summed E-state index contributed by atoms with van der Waals surface area (Å²) < 4.78 is 1.21. The molecule has 1 saturated heterocycles. The van der Waals surface area contributed by atoms with Crippen molar-refractivity contribution in [1.82, 2.24) is 5.32 Å². The van der Waals surface area contributed by atoms with Gasteiger partial charge in [-0.3, -0.25) is 0 Å². The van der Waals surface area contributed by atoms with Gasteiger partial charge in [-0.15, -0.1) is 0 Å². The number of hydrogen-bond donors (Lipinski definition) is 1. The fraction of sp³-hybridized carbons (Fsp3) is 0.647. The molecule has 1 aliphatic carbocycles. The zero-order valence-corrected chi connectivity index (χ0v) is 14.2. The second kappa shape index (κ2) is 5.69. The summed E-state index contributed by atoms with van der Waals surface area (Å²) in [5.74, 6) is 0. The first kappa shape index (κ1) is 14.4. The minimum absolute atomic E-state index is 0.367. The molecule has 1 atom stereocenters. The third-order valence-electron chi connectivity index (χ3n) is 5.06. The summed E-state index contributed by atoms with van der Waals surface area (Å²) in [6.45, 7) is 6.78. The van der Waals surface area contributed by atoms with Crippen LogP contribution in [0.3, 0.4) is 0 Å². The van der Waals surface area contributed by atoms with E-state index in [0.717, 1.165) is 13.1 Å². The molecule has 2 nitrogen and oxygen atoms in total. The highest BCUT2D eigenvalue weighted by atomic mass is 79.9. The van der Waals surface area contributed by atoms with Crippen molar-refractivity contribution >= 4 is 21.6 Å². The lowest BCUT2D eigenvalue weighted by Crippen LogP contribution is -2.64. The average Bonchev–Trinajstić information content (AvgIpc) is 2.46. The van der Waals surface area contributed by atoms with E-state index in [9.17, 15) is 0 Å². The molecule has 1 N–H and O–H groups in total. The van der Waals surface area contributed by atoms with Gasteiger partial charge in [-0.1, -0.05) is 35.2 Å². The predicted molar refractivity (Wildman–Crippen MR) is 89.5 cm³/mol. The van der Waals surface area contributed by atoms with Crippen LogP contribution in [0, 0.1) is 6.92 Å². The molecular weight excluding hydrogens is 312 g/mol. The van der Waals surface area contributed by atoms with Crippen LogP contribution in [0.4, 0.5) is 5.69 Å². The molecule has 1 spiro atoms. The highest BCUT2D eigenvalue weighted by Gasteiger charge is 2.38. The molecule has 1 aromatic rings. The zero-order chi connectivity index (χ0) is 14.2. The van der Waals surface area contributed by atoms with Crippen LogP contribution in [0.2, 0.25) is 0 Å². The Kier molecular flexibility index (Phi) is 4.09. The summed E-state index contributed by atoms with van der Waals surface area (Å²) >= 11 is 3.61. The van der Waals surface area contributed by atoms with Crippen molar-refractivity contribution in [2.45, 2.75) is 57.5 Å². The fourth-order valence-electron chi connectivity index (χ4n) is 3.73. The maximum atomic E-state index is 3.86. The Morgan fingerprint density at radius 1 is 1.25 bits per heavy atom. The summed E-state index contributed by atoms with van der Waals surface area (Å²) in [6.07, 6.45) is 6.86. The number of benzene rings is 1. The van der Waals surface area contributed by atoms with Crippen molar-refractivity contribution in [3.05, 3.63) is 28.2 Å². The number of aryl methyl sites for hydroxylation is 1. The third-order valence-corrected chi connectivity index (χ3v) is 5.95. The third kappa shape index (κ3) is 2.75. The van der Waals surface area contributed by atoms with Gasteiger partial charge in [0.1, 0.15) is 0 Å². The van der Waals surface area contributed by atoms with E-state index in [-0.39, 0.29) is 0 Å². The zero-order valence-electron chi connectivity index (χ0n) is 12.6. The lowest BCUT2D eigenvalue weighted by atomic mass is 9.79. The van der Waals surface area contributed by atoms with Gasteiger partial charge in [0, 0.05) is 34.8 Å². The van der Waals surface area contributed by atoms with Gasteiger partial charge in [0.05, 0.1) is 0 Å². The summed E-state index contributed by atoms with van der Waals surface area (Å²) in [7, 11) is 0. The van der Waals surface area contributed by atoms with Crippen molar-refractivity contribution < 1.29 is 0 Å². The van der Waals surface area contributed by atoms with Gasteiger partial charge in [0.2, 0.25) is 0 Å². The Morgan fingerprint density at radius 3 is 2.70 bits per heavy atom. The molecular formula is C17H25BrN2. The first-order valence-electron chi connectivity index (χ1n) is 7.87. The Bertz CT molecular complexity index is 480. The number of halogens is 1. The number of hydrogen-bond acceptors (Lipinski definition) is 2. The van der Waals surface area contributed by atoms with Crippen LogP contribution in [0.5, 0.6) is 0 Å².